The molecule has 1 fully saturated rings. The summed E-state index contributed by atoms with van der Waals surface area (Å²) in [6.07, 6.45) is 4.67. The van der Waals surface area contributed by atoms with Crippen molar-refractivity contribution in [2.24, 2.45) is 0 Å². The average molecular weight is 563 g/mol. The SMILES string of the molecule is O=C(O)C(Cc1ccccc1)NC(=O)C(Cc1ccc(O)cc1)NC(=O)C(Cc1cnc[nH]1)NC(=O)C1CCCN1. The molecule has 3 amide bonds. The van der Waals surface area contributed by atoms with Crippen LogP contribution in [0, 0.1) is 0 Å². The Labute approximate surface area is 237 Å². The number of carbonyl (C=O) groups excluding carboxylic acids is 3. The Hall–Kier alpha value is -4.71. The van der Waals surface area contributed by atoms with Gasteiger partial charge in [-0.1, -0.05) is 42.5 Å². The highest BCUT2D eigenvalue weighted by Gasteiger charge is 2.32. The number of phenolic OH excluding ortho intramolecular Hbond substituents is 1. The lowest BCUT2D eigenvalue weighted by molar-refractivity contribution is -0.142. The lowest BCUT2D eigenvalue weighted by Crippen LogP contribution is -2.58. The van der Waals surface area contributed by atoms with Crippen molar-refractivity contribution >= 4 is 23.7 Å². The number of aromatic amines is 1. The van der Waals surface area contributed by atoms with Gasteiger partial charge in [0.15, 0.2) is 0 Å². The molecule has 1 aliphatic rings. The highest BCUT2D eigenvalue weighted by molar-refractivity contribution is 5.94. The first-order valence-corrected chi connectivity index (χ1v) is 13.4. The van der Waals surface area contributed by atoms with Gasteiger partial charge in [-0.05, 0) is 42.6 Å². The Kier molecular flexibility index (Phi) is 10.1. The van der Waals surface area contributed by atoms with E-state index in [1.807, 2.05) is 6.07 Å². The molecule has 2 aromatic carbocycles. The summed E-state index contributed by atoms with van der Waals surface area (Å²) in [5.74, 6) is -2.81. The second-order valence-electron chi connectivity index (χ2n) is 10.0. The van der Waals surface area contributed by atoms with E-state index in [1.54, 1.807) is 42.6 Å². The maximum Gasteiger partial charge on any atom is 0.326 e. The Morgan fingerprint density at radius 3 is 2.10 bits per heavy atom. The Morgan fingerprint density at radius 2 is 1.49 bits per heavy atom. The molecule has 0 radical (unpaired) electrons. The summed E-state index contributed by atoms with van der Waals surface area (Å²) in [5, 5.41) is 30.6. The predicted molar refractivity (Wildman–Crippen MR) is 149 cm³/mol. The number of aliphatic carboxylic acids is 1. The van der Waals surface area contributed by atoms with Gasteiger partial charge in [0.1, 0.15) is 23.9 Å². The average Bonchev–Trinajstić information content (AvgIpc) is 3.68. The lowest BCUT2D eigenvalue weighted by Gasteiger charge is -2.25. The minimum absolute atomic E-state index is 0.0183. The number of rotatable bonds is 13. The summed E-state index contributed by atoms with van der Waals surface area (Å²) in [5.41, 5.74) is 1.96. The van der Waals surface area contributed by atoms with Crippen LogP contribution < -0.4 is 21.3 Å². The molecule has 0 aliphatic carbocycles. The highest BCUT2D eigenvalue weighted by atomic mass is 16.4. The molecule has 4 rings (SSSR count). The molecule has 4 unspecified atom stereocenters. The van der Waals surface area contributed by atoms with Gasteiger partial charge in [0, 0.05) is 31.2 Å². The zero-order valence-electron chi connectivity index (χ0n) is 22.4. The second-order valence-corrected chi connectivity index (χ2v) is 10.0. The molecule has 0 saturated carbocycles. The van der Waals surface area contributed by atoms with Crippen molar-refractivity contribution in [1.82, 2.24) is 31.2 Å². The number of amides is 3. The van der Waals surface area contributed by atoms with E-state index in [9.17, 15) is 29.4 Å². The monoisotopic (exact) mass is 562 g/mol. The number of H-pyrrole nitrogens is 1. The number of nitrogens with one attached hydrogen (secondary N) is 5. The topological polar surface area (TPSA) is 186 Å². The third-order valence-electron chi connectivity index (χ3n) is 6.90. The van der Waals surface area contributed by atoms with Crippen LogP contribution >= 0.6 is 0 Å². The molecule has 12 heteroatoms. The van der Waals surface area contributed by atoms with Gasteiger partial charge in [-0.15, -0.1) is 0 Å². The van der Waals surface area contributed by atoms with Crippen LogP contribution in [0.5, 0.6) is 5.75 Å². The molecule has 41 heavy (non-hydrogen) atoms. The number of hydrogen-bond acceptors (Lipinski definition) is 7. The van der Waals surface area contributed by atoms with Crippen molar-refractivity contribution in [2.45, 2.75) is 56.3 Å². The van der Waals surface area contributed by atoms with Crippen molar-refractivity contribution in [1.29, 1.82) is 0 Å². The summed E-state index contributed by atoms with van der Waals surface area (Å²) in [6.45, 7) is 0.706. The van der Waals surface area contributed by atoms with E-state index in [2.05, 4.69) is 31.2 Å². The fraction of sp³-hybridized carbons (Fsp3) is 0.345. The van der Waals surface area contributed by atoms with Gasteiger partial charge >= 0.3 is 5.97 Å². The lowest BCUT2D eigenvalue weighted by atomic mass is 10.0. The standard InChI is InChI=1S/C29H34N6O6/c36-21-10-8-19(9-11-21)13-23(27(38)35-25(29(40)41)14-18-5-2-1-3-6-18)33-28(39)24(15-20-16-30-17-32-20)34-26(37)22-7-4-12-31-22/h1-3,5-6,8-11,16-17,22-25,31,36H,4,7,12-15H2,(H,30,32)(H,33,39)(H,34,37)(H,35,38)(H,40,41). The van der Waals surface area contributed by atoms with Crippen molar-refractivity contribution < 1.29 is 29.4 Å². The predicted octanol–water partition coefficient (Wildman–Crippen LogP) is 0.434. The van der Waals surface area contributed by atoms with Crippen molar-refractivity contribution in [2.75, 3.05) is 6.54 Å². The number of aromatic hydroxyl groups is 1. The molecule has 4 atom stereocenters. The van der Waals surface area contributed by atoms with Crippen LogP contribution in [-0.4, -0.2) is 74.6 Å². The van der Waals surface area contributed by atoms with E-state index < -0.39 is 42.0 Å². The molecule has 12 nitrogen and oxygen atoms in total. The smallest absolute Gasteiger partial charge is 0.326 e. The van der Waals surface area contributed by atoms with Crippen LogP contribution in [-0.2, 0) is 38.4 Å². The van der Waals surface area contributed by atoms with Gasteiger partial charge < -0.3 is 36.5 Å². The molecular weight excluding hydrogens is 528 g/mol. The number of carboxylic acids is 1. The molecule has 1 aliphatic heterocycles. The molecule has 2 heterocycles. The van der Waals surface area contributed by atoms with E-state index in [1.165, 1.54) is 18.5 Å². The molecule has 1 aromatic heterocycles. The molecule has 0 spiro atoms. The van der Waals surface area contributed by atoms with Crippen LogP contribution in [0.3, 0.4) is 0 Å². The Balaban J connectivity index is 1.53. The second kappa shape index (κ2) is 14.1. The van der Waals surface area contributed by atoms with Crippen molar-refractivity contribution in [3.63, 3.8) is 0 Å². The van der Waals surface area contributed by atoms with Gasteiger partial charge in [0.2, 0.25) is 17.7 Å². The summed E-state index contributed by atoms with van der Waals surface area (Å²) >= 11 is 0. The van der Waals surface area contributed by atoms with E-state index in [0.717, 1.165) is 12.0 Å². The zero-order chi connectivity index (χ0) is 29.2. The van der Waals surface area contributed by atoms with Gasteiger partial charge in [-0.2, -0.15) is 0 Å². The number of benzene rings is 2. The first-order valence-electron chi connectivity index (χ1n) is 13.4. The maximum atomic E-state index is 13.6. The number of imidazole rings is 1. The Morgan fingerprint density at radius 1 is 0.854 bits per heavy atom. The van der Waals surface area contributed by atoms with E-state index >= 15 is 0 Å². The largest absolute Gasteiger partial charge is 0.508 e. The first kappa shape index (κ1) is 29.3. The van der Waals surface area contributed by atoms with E-state index in [0.29, 0.717) is 24.2 Å². The van der Waals surface area contributed by atoms with E-state index in [4.69, 9.17) is 0 Å². The fourth-order valence-electron chi connectivity index (χ4n) is 4.68. The van der Waals surface area contributed by atoms with Crippen LogP contribution in [0.25, 0.3) is 0 Å². The van der Waals surface area contributed by atoms with Crippen molar-refractivity contribution in [3.8, 4) is 5.75 Å². The van der Waals surface area contributed by atoms with E-state index in [-0.39, 0.29) is 30.9 Å². The number of carbonyl (C=O) groups is 4. The summed E-state index contributed by atoms with van der Waals surface area (Å²) in [6, 6.07) is 11.2. The normalized spacial score (nSPS) is 16.7. The third-order valence-corrected chi connectivity index (χ3v) is 6.90. The van der Waals surface area contributed by atoms with Gasteiger partial charge in [0.25, 0.3) is 0 Å². The van der Waals surface area contributed by atoms with Gasteiger partial charge in [-0.3, -0.25) is 14.4 Å². The van der Waals surface area contributed by atoms with Crippen LogP contribution in [0.2, 0.25) is 0 Å². The zero-order valence-corrected chi connectivity index (χ0v) is 22.4. The van der Waals surface area contributed by atoms with Crippen molar-refractivity contribution in [3.05, 3.63) is 83.9 Å². The maximum absolute atomic E-state index is 13.6. The van der Waals surface area contributed by atoms with Gasteiger partial charge in [-0.25, -0.2) is 9.78 Å². The number of aromatic nitrogens is 2. The number of hydrogen-bond donors (Lipinski definition) is 7. The molecule has 216 valence electrons. The summed E-state index contributed by atoms with van der Waals surface area (Å²) < 4.78 is 0. The molecule has 3 aromatic rings. The number of carboxylic acid groups (broad SMARTS) is 1. The van der Waals surface area contributed by atoms with Gasteiger partial charge in [0.05, 0.1) is 12.4 Å². The first-order chi connectivity index (χ1) is 19.8. The van der Waals surface area contributed by atoms with Crippen LogP contribution in [0.4, 0.5) is 0 Å². The molecule has 0 bridgehead atoms. The van der Waals surface area contributed by atoms with Crippen LogP contribution in [0.1, 0.15) is 29.7 Å². The Bertz CT molecular complexity index is 1310. The quantitative estimate of drug-likeness (QED) is 0.156. The minimum Gasteiger partial charge on any atom is -0.508 e. The minimum atomic E-state index is -1.24. The van der Waals surface area contributed by atoms with Crippen LogP contribution in [0.15, 0.2) is 67.1 Å². The molecule has 1 saturated heterocycles. The summed E-state index contributed by atoms with van der Waals surface area (Å²) in [4.78, 5) is 58.8. The fourth-order valence-corrected chi connectivity index (χ4v) is 4.68. The number of nitrogens with zero attached hydrogens (tertiary/aromatic N) is 1. The molecule has 7 N–H and O–H groups in total. The summed E-state index contributed by atoms with van der Waals surface area (Å²) in [7, 11) is 0. The number of phenols is 1. The highest BCUT2D eigenvalue weighted by Crippen LogP contribution is 2.13. The third kappa shape index (κ3) is 8.64. The molecular formula is C29H34N6O6.